The van der Waals surface area contributed by atoms with Crippen molar-refractivity contribution >= 4 is 5.91 Å². The zero-order valence-corrected chi connectivity index (χ0v) is 12.5. The van der Waals surface area contributed by atoms with Crippen LogP contribution < -0.4 is 11.1 Å². The highest BCUT2D eigenvalue weighted by molar-refractivity contribution is 5.79. The van der Waals surface area contributed by atoms with Crippen molar-refractivity contribution in [2.75, 3.05) is 6.54 Å². The molecular weight excluding hydrogens is 224 g/mol. The second-order valence-corrected chi connectivity index (χ2v) is 6.92. The lowest BCUT2D eigenvalue weighted by molar-refractivity contribution is -0.126. The van der Waals surface area contributed by atoms with E-state index in [9.17, 15) is 4.79 Å². The number of hydrogen-bond acceptors (Lipinski definition) is 2. The van der Waals surface area contributed by atoms with Crippen LogP contribution in [-0.4, -0.2) is 18.5 Å². The van der Waals surface area contributed by atoms with Crippen LogP contribution in [0.4, 0.5) is 0 Å². The SMILES string of the molecule is CC(CNC(=O)C1CCCCCC1N)C(C)(C)C. The zero-order chi connectivity index (χ0) is 13.8. The Hall–Kier alpha value is -0.570. The van der Waals surface area contributed by atoms with E-state index in [2.05, 4.69) is 33.0 Å². The molecule has 3 heteroatoms. The molecule has 1 amide bonds. The second kappa shape index (κ2) is 6.55. The van der Waals surface area contributed by atoms with Crippen molar-refractivity contribution in [2.45, 2.75) is 65.8 Å². The van der Waals surface area contributed by atoms with Gasteiger partial charge >= 0.3 is 0 Å². The molecule has 1 fully saturated rings. The third kappa shape index (κ3) is 4.60. The number of carbonyl (C=O) groups excluding carboxylic acids is 1. The van der Waals surface area contributed by atoms with E-state index >= 15 is 0 Å². The van der Waals surface area contributed by atoms with Crippen molar-refractivity contribution in [3.63, 3.8) is 0 Å². The van der Waals surface area contributed by atoms with Crippen LogP contribution in [-0.2, 0) is 4.79 Å². The predicted molar refractivity (Wildman–Crippen MR) is 76.2 cm³/mol. The van der Waals surface area contributed by atoms with E-state index in [4.69, 9.17) is 5.73 Å². The molecule has 0 heterocycles. The minimum atomic E-state index is 0.0275. The van der Waals surface area contributed by atoms with Crippen LogP contribution >= 0.6 is 0 Å². The highest BCUT2D eigenvalue weighted by atomic mass is 16.1. The molecule has 1 saturated carbocycles. The summed E-state index contributed by atoms with van der Waals surface area (Å²) in [4.78, 5) is 12.2. The van der Waals surface area contributed by atoms with Gasteiger partial charge in [0.15, 0.2) is 0 Å². The molecule has 0 aliphatic heterocycles. The summed E-state index contributed by atoms with van der Waals surface area (Å²) in [6.07, 6.45) is 5.48. The number of hydrogen-bond donors (Lipinski definition) is 2. The molecule has 1 aliphatic rings. The first kappa shape index (κ1) is 15.5. The summed E-state index contributed by atoms with van der Waals surface area (Å²) in [6.45, 7) is 9.57. The second-order valence-electron chi connectivity index (χ2n) is 6.92. The van der Waals surface area contributed by atoms with Crippen molar-refractivity contribution in [3.05, 3.63) is 0 Å². The van der Waals surface area contributed by atoms with E-state index in [1.807, 2.05) is 0 Å². The standard InChI is InChI=1S/C15H30N2O/c1-11(15(2,3)4)10-17-14(18)12-8-6-5-7-9-13(12)16/h11-13H,5-10,16H2,1-4H3,(H,17,18). The van der Waals surface area contributed by atoms with Gasteiger partial charge in [0.25, 0.3) is 0 Å². The van der Waals surface area contributed by atoms with Gasteiger partial charge in [-0.1, -0.05) is 47.0 Å². The summed E-state index contributed by atoms with van der Waals surface area (Å²) in [6, 6.07) is 0.0532. The maximum atomic E-state index is 12.2. The molecule has 106 valence electrons. The van der Waals surface area contributed by atoms with Crippen LogP contribution in [0, 0.1) is 17.3 Å². The van der Waals surface area contributed by atoms with Crippen molar-refractivity contribution < 1.29 is 4.79 Å². The van der Waals surface area contributed by atoms with Gasteiger partial charge in [-0.2, -0.15) is 0 Å². The van der Waals surface area contributed by atoms with Crippen LogP contribution in [0.15, 0.2) is 0 Å². The molecule has 1 rings (SSSR count). The number of amides is 1. The van der Waals surface area contributed by atoms with Crippen LogP contribution in [0.2, 0.25) is 0 Å². The summed E-state index contributed by atoms with van der Waals surface area (Å²) in [5.74, 6) is 0.670. The van der Waals surface area contributed by atoms with Crippen LogP contribution in [0.1, 0.15) is 59.8 Å². The fourth-order valence-electron chi connectivity index (χ4n) is 2.35. The Morgan fingerprint density at radius 2 is 1.89 bits per heavy atom. The summed E-state index contributed by atoms with van der Waals surface area (Å²) in [5, 5.41) is 3.10. The van der Waals surface area contributed by atoms with Crippen molar-refractivity contribution in [3.8, 4) is 0 Å². The maximum Gasteiger partial charge on any atom is 0.224 e. The maximum absolute atomic E-state index is 12.2. The molecule has 3 unspecified atom stereocenters. The molecule has 0 bridgehead atoms. The van der Waals surface area contributed by atoms with Gasteiger partial charge in [-0.05, 0) is 24.2 Å². The number of carbonyl (C=O) groups is 1. The lowest BCUT2D eigenvalue weighted by Gasteiger charge is -2.28. The molecule has 0 aromatic heterocycles. The van der Waals surface area contributed by atoms with E-state index in [1.165, 1.54) is 12.8 Å². The minimum absolute atomic E-state index is 0.0275. The van der Waals surface area contributed by atoms with E-state index in [1.54, 1.807) is 0 Å². The van der Waals surface area contributed by atoms with Gasteiger partial charge in [-0.15, -0.1) is 0 Å². The zero-order valence-electron chi connectivity index (χ0n) is 12.5. The molecule has 0 spiro atoms. The van der Waals surface area contributed by atoms with Gasteiger partial charge in [-0.25, -0.2) is 0 Å². The fraction of sp³-hybridized carbons (Fsp3) is 0.933. The average Bonchev–Trinajstić information content (AvgIpc) is 2.49. The van der Waals surface area contributed by atoms with Crippen molar-refractivity contribution in [1.82, 2.24) is 5.32 Å². The molecule has 3 nitrogen and oxygen atoms in total. The Morgan fingerprint density at radius 1 is 1.28 bits per heavy atom. The first-order valence-corrected chi connectivity index (χ1v) is 7.35. The first-order chi connectivity index (χ1) is 8.32. The summed E-state index contributed by atoms with van der Waals surface area (Å²) in [5.41, 5.74) is 6.35. The number of rotatable bonds is 3. The van der Waals surface area contributed by atoms with E-state index in [0.29, 0.717) is 5.92 Å². The average molecular weight is 254 g/mol. The topological polar surface area (TPSA) is 55.1 Å². The molecule has 0 aromatic rings. The van der Waals surface area contributed by atoms with Gasteiger partial charge in [0.05, 0.1) is 5.92 Å². The smallest absolute Gasteiger partial charge is 0.224 e. The van der Waals surface area contributed by atoms with E-state index < -0.39 is 0 Å². The number of nitrogens with two attached hydrogens (primary N) is 1. The Bertz CT molecular complexity index is 270. The Kier molecular flexibility index (Phi) is 5.64. The van der Waals surface area contributed by atoms with Crippen molar-refractivity contribution in [2.24, 2.45) is 23.0 Å². The Balaban J connectivity index is 2.44. The predicted octanol–water partition coefficient (Wildman–Crippen LogP) is 2.69. The monoisotopic (exact) mass is 254 g/mol. The molecule has 1 aliphatic carbocycles. The molecule has 18 heavy (non-hydrogen) atoms. The lowest BCUT2D eigenvalue weighted by Crippen LogP contribution is -2.43. The largest absolute Gasteiger partial charge is 0.356 e. The number of nitrogens with one attached hydrogen (secondary N) is 1. The third-order valence-electron chi connectivity index (χ3n) is 4.47. The van der Waals surface area contributed by atoms with E-state index in [0.717, 1.165) is 25.8 Å². The van der Waals surface area contributed by atoms with Crippen LogP contribution in [0.25, 0.3) is 0 Å². The quantitative estimate of drug-likeness (QED) is 0.761. The van der Waals surface area contributed by atoms with Gasteiger partial charge < -0.3 is 11.1 Å². The Labute approximate surface area is 112 Å². The molecule has 3 N–H and O–H groups in total. The molecule has 0 saturated heterocycles. The van der Waals surface area contributed by atoms with Crippen LogP contribution in [0.3, 0.4) is 0 Å². The van der Waals surface area contributed by atoms with Gasteiger partial charge in [0, 0.05) is 12.6 Å². The molecule has 0 radical (unpaired) electrons. The first-order valence-electron chi connectivity index (χ1n) is 7.35. The molecule has 3 atom stereocenters. The van der Waals surface area contributed by atoms with Gasteiger partial charge in [0.1, 0.15) is 0 Å². The minimum Gasteiger partial charge on any atom is -0.356 e. The van der Waals surface area contributed by atoms with Crippen molar-refractivity contribution in [1.29, 1.82) is 0 Å². The molecule has 0 aromatic carbocycles. The normalized spacial score (nSPS) is 27.4. The van der Waals surface area contributed by atoms with Gasteiger partial charge in [-0.3, -0.25) is 4.79 Å². The summed E-state index contributed by atoms with van der Waals surface area (Å²) in [7, 11) is 0. The van der Waals surface area contributed by atoms with Crippen LogP contribution in [0.5, 0.6) is 0 Å². The molecular formula is C15H30N2O. The lowest BCUT2D eigenvalue weighted by atomic mass is 9.82. The summed E-state index contributed by atoms with van der Waals surface area (Å²) >= 11 is 0. The van der Waals surface area contributed by atoms with Gasteiger partial charge in [0.2, 0.25) is 5.91 Å². The third-order valence-corrected chi connectivity index (χ3v) is 4.47. The summed E-state index contributed by atoms with van der Waals surface area (Å²) < 4.78 is 0. The fourth-order valence-corrected chi connectivity index (χ4v) is 2.35. The Morgan fingerprint density at radius 3 is 2.50 bits per heavy atom. The highest BCUT2D eigenvalue weighted by Gasteiger charge is 2.28. The van der Waals surface area contributed by atoms with E-state index in [-0.39, 0.29) is 23.3 Å². The highest BCUT2D eigenvalue weighted by Crippen LogP contribution is 2.25.